The van der Waals surface area contributed by atoms with Crippen LogP contribution in [0, 0.1) is 0 Å². The summed E-state index contributed by atoms with van der Waals surface area (Å²) < 4.78 is 38.3. The van der Waals surface area contributed by atoms with Crippen LogP contribution in [0.25, 0.3) is 0 Å². The van der Waals surface area contributed by atoms with Gasteiger partial charge in [0.15, 0.2) is 5.17 Å². The number of para-hydroxylation sites is 1. The van der Waals surface area contributed by atoms with Crippen LogP contribution in [-0.4, -0.2) is 33.6 Å². The first-order valence-electron chi connectivity index (χ1n) is 8.56. The zero-order valence-electron chi connectivity index (χ0n) is 15.2. The molecule has 0 saturated carbocycles. The van der Waals surface area contributed by atoms with Crippen LogP contribution >= 0.6 is 11.8 Å². The summed E-state index contributed by atoms with van der Waals surface area (Å²) in [6, 6.07) is 10.7. The topological polar surface area (TPSA) is 103 Å². The van der Waals surface area contributed by atoms with E-state index < -0.39 is 28.8 Å². The molecule has 2 amide bonds. The third-order valence-electron chi connectivity index (χ3n) is 3.90. The molecule has 0 bridgehead atoms. The second kappa shape index (κ2) is 8.99. The normalized spacial score (nSPS) is 18.0. The van der Waals surface area contributed by atoms with E-state index in [0.29, 0.717) is 5.56 Å². The Bertz CT molecular complexity index is 1020. The van der Waals surface area contributed by atoms with Crippen LogP contribution in [0.2, 0.25) is 0 Å². The van der Waals surface area contributed by atoms with Crippen LogP contribution < -0.4 is 10.6 Å². The Hall–Kier alpha value is -3.34. The molecule has 3 N–H and O–H groups in total. The van der Waals surface area contributed by atoms with Crippen molar-refractivity contribution in [3.63, 3.8) is 0 Å². The van der Waals surface area contributed by atoms with Crippen LogP contribution in [0.15, 0.2) is 58.7 Å². The molecule has 0 aliphatic carbocycles. The average Bonchev–Trinajstić information content (AvgIpc) is 3.02. The zero-order valence-corrected chi connectivity index (χ0v) is 16.0. The van der Waals surface area contributed by atoms with Gasteiger partial charge in [0.25, 0.3) is 0 Å². The minimum absolute atomic E-state index is 0.0145. The van der Waals surface area contributed by atoms with Crippen molar-refractivity contribution in [2.24, 2.45) is 10.2 Å². The molecule has 2 aromatic rings. The number of alkyl halides is 3. The Morgan fingerprint density at radius 1 is 1.23 bits per heavy atom. The van der Waals surface area contributed by atoms with Crippen LogP contribution in [0.3, 0.4) is 0 Å². The molecule has 3 rings (SSSR count). The minimum Gasteiger partial charge on any atom is -0.507 e. The number of anilines is 1. The molecular formula is C19H15F3N4O3S. The first kappa shape index (κ1) is 21.4. The molecule has 156 valence electrons. The van der Waals surface area contributed by atoms with Gasteiger partial charge in [-0.1, -0.05) is 30.0 Å². The molecule has 0 radical (unpaired) electrons. The number of amides is 2. The van der Waals surface area contributed by atoms with E-state index in [-0.39, 0.29) is 23.0 Å². The number of rotatable bonds is 5. The summed E-state index contributed by atoms with van der Waals surface area (Å²) in [5.74, 6) is -1.05. The number of benzene rings is 2. The molecule has 1 aliphatic rings. The quantitative estimate of drug-likeness (QED) is 0.494. The monoisotopic (exact) mass is 436 g/mol. The number of carbonyl (C=O) groups is 2. The standard InChI is InChI=1S/C19H15F3N4O3S/c20-19(21,22)12-5-3-6-13(8-12)24-16(28)9-15-17(29)25-18(30-15)26-23-10-11-4-1-2-7-14(11)27/h1-8,10,15,27H,9H2,(H,24,28)(H,25,26,29)/b23-10+/t15-/m0/s1. The number of nitrogens with one attached hydrogen (secondary N) is 2. The van der Waals surface area contributed by atoms with Crippen molar-refractivity contribution in [2.75, 3.05) is 5.32 Å². The number of hydrogen-bond acceptors (Lipinski definition) is 6. The van der Waals surface area contributed by atoms with Crippen LogP contribution in [0.5, 0.6) is 5.75 Å². The summed E-state index contributed by atoms with van der Waals surface area (Å²) in [6.07, 6.45) is -3.47. The maximum Gasteiger partial charge on any atom is 0.416 e. The Labute approximate surface area is 173 Å². The molecule has 0 spiro atoms. The molecule has 1 heterocycles. The lowest BCUT2D eigenvalue weighted by Gasteiger charge is -2.10. The van der Waals surface area contributed by atoms with Crippen LogP contribution in [0.1, 0.15) is 17.5 Å². The SMILES string of the molecule is O=C(C[C@@H]1S/C(=N/N=C/c2ccccc2O)NC1=O)Nc1cccc(C(F)(F)F)c1. The van der Waals surface area contributed by atoms with Gasteiger partial charge in [-0.25, -0.2) is 0 Å². The van der Waals surface area contributed by atoms with Gasteiger partial charge in [-0.05, 0) is 30.3 Å². The molecule has 0 unspecified atom stereocenters. The van der Waals surface area contributed by atoms with E-state index in [1.54, 1.807) is 18.2 Å². The summed E-state index contributed by atoms with van der Waals surface area (Å²) in [4.78, 5) is 24.1. The van der Waals surface area contributed by atoms with Gasteiger partial charge >= 0.3 is 6.18 Å². The van der Waals surface area contributed by atoms with E-state index in [2.05, 4.69) is 20.8 Å². The van der Waals surface area contributed by atoms with Gasteiger partial charge in [0.1, 0.15) is 11.0 Å². The predicted octanol–water partition coefficient (Wildman–Crippen LogP) is 3.36. The Morgan fingerprint density at radius 3 is 2.73 bits per heavy atom. The van der Waals surface area contributed by atoms with Gasteiger partial charge < -0.3 is 15.7 Å². The summed E-state index contributed by atoms with van der Waals surface area (Å²) in [5, 5.41) is 21.5. The van der Waals surface area contributed by atoms with Gasteiger partial charge in [-0.2, -0.15) is 18.3 Å². The smallest absolute Gasteiger partial charge is 0.416 e. The maximum atomic E-state index is 12.8. The zero-order chi connectivity index (χ0) is 21.7. The molecule has 1 fully saturated rings. The first-order chi connectivity index (χ1) is 14.2. The van der Waals surface area contributed by atoms with Gasteiger partial charge in [0.2, 0.25) is 11.8 Å². The molecule has 11 heteroatoms. The van der Waals surface area contributed by atoms with Gasteiger partial charge in [-0.3, -0.25) is 9.59 Å². The molecule has 0 aromatic heterocycles. The highest BCUT2D eigenvalue weighted by molar-refractivity contribution is 8.15. The van der Waals surface area contributed by atoms with Crippen molar-refractivity contribution in [2.45, 2.75) is 17.8 Å². The largest absolute Gasteiger partial charge is 0.507 e. The van der Waals surface area contributed by atoms with E-state index in [4.69, 9.17) is 0 Å². The molecule has 1 saturated heterocycles. The third kappa shape index (κ3) is 5.60. The van der Waals surface area contributed by atoms with Crippen molar-refractivity contribution in [1.82, 2.24) is 5.32 Å². The lowest BCUT2D eigenvalue weighted by atomic mass is 10.2. The molecule has 1 atom stereocenters. The van der Waals surface area contributed by atoms with Gasteiger partial charge in [-0.15, -0.1) is 5.10 Å². The second-order valence-electron chi connectivity index (χ2n) is 6.14. The summed E-state index contributed by atoms with van der Waals surface area (Å²) in [5.41, 5.74) is -0.461. The van der Waals surface area contributed by atoms with E-state index in [0.717, 1.165) is 23.9 Å². The van der Waals surface area contributed by atoms with Crippen molar-refractivity contribution < 1.29 is 27.9 Å². The first-order valence-corrected chi connectivity index (χ1v) is 9.44. The highest BCUT2D eigenvalue weighted by Crippen LogP contribution is 2.31. The number of hydrogen-bond donors (Lipinski definition) is 3. The Kier molecular flexibility index (Phi) is 6.40. The molecule has 2 aromatic carbocycles. The number of phenols is 1. The van der Waals surface area contributed by atoms with Gasteiger partial charge in [0, 0.05) is 17.7 Å². The fraction of sp³-hybridized carbons (Fsp3) is 0.158. The Morgan fingerprint density at radius 2 is 2.00 bits per heavy atom. The molecule has 30 heavy (non-hydrogen) atoms. The summed E-state index contributed by atoms with van der Waals surface area (Å²) >= 11 is 0.977. The molecule has 7 nitrogen and oxygen atoms in total. The highest BCUT2D eigenvalue weighted by atomic mass is 32.2. The average molecular weight is 436 g/mol. The predicted molar refractivity (Wildman–Crippen MR) is 107 cm³/mol. The number of thioether (sulfide) groups is 1. The van der Waals surface area contributed by atoms with Gasteiger partial charge in [0.05, 0.1) is 11.8 Å². The lowest BCUT2D eigenvalue weighted by Crippen LogP contribution is -2.28. The molecular weight excluding hydrogens is 421 g/mol. The van der Waals surface area contributed by atoms with E-state index in [9.17, 15) is 27.9 Å². The van der Waals surface area contributed by atoms with Crippen molar-refractivity contribution in [1.29, 1.82) is 0 Å². The van der Waals surface area contributed by atoms with E-state index >= 15 is 0 Å². The summed E-state index contributed by atoms with van der Waals surface area (Å²) in [7, 11) is 0. The van der Waals surface area contributed by atoms with Crippen molar-refractivity contribution in [3.05, 3.63) is 59.7 Å². The molecule has 1 aliphatic heterocycles. The van der Waals surface area contributed by atoms with Crippen LogP contribution in [0.4, 0.5) is 18.9 Å². The number of amidine groups is 1. The number of phenolic OH excluding ortho intramolecular Hbond substituents is 1. The highest BCUT2D eigenvalue weighted by Gasteiger charge is 2.33. The minimum atomic E-state index is -4.52. The lowest BCUT2D eigenvalue weighted by molar-refractivity contribution is -0.137. The van der Waals surface area contributed by atoms with E-state index in [1.165, 1.54) is 24.4 Å². The number of carbonyl (C=O) groups excluding carboxylic acids is 2. The Balaban J connectivity index is 1.58. The third-order valence-corrected chi connectivity index (χ3v) is 4.98. The fourth-order valence-corrected chi connectivity index (χ4v) is 3.40. The summed E-state index contributed by atoms with van der Waals surface area (Å²) in [6.45, 7) is 0. The van der Waals surface area contributed by atoms with Crippen LogP contribution in [-0.2, 0) is 15.8 Å². The number of aromatic hydroxyl groups is 1. The number of nitrogens with zero attached hydrogens (tertiary/aromatic N) is 2. The van der Waals surface area contributed by atoms with E-state index in [1.807, 2.05) is 0 Å². The maximum absolute atomic E-state index is 12.8. The second-order valence-corrected chi connectivity index (χ2v) is 7.33. The van der Waals surface area contributed by atoms with Crippen molar-refractivity contribution >= 4 is 40.6 Å². The number of halogens is 3. The fourth-order valence-electron chi connectivity index (χ4n) is 2.48. The van der Waals surface area contributed by atoms with Crippen molar-refractivity contribution in [3.8, 4) is 5.75 Å².